The molecule has 3 rings (SSSR count). The van der Waals surface area contributed by atoms with Gasteiger partial charge in [-0.15, -0.1) is 0 Å². The summed E-state index contributed by atoms with van der Waals surface area (Å²) in [6.45, 7) is 0. The van der Waals surface area contributed by atoms with Gasteiger partial charge in [0.15, 0.2) is 5.82 Å². The summed E-state index contributed by atoms with van der Waals surface area (Å²) in [7, 11) is 0. The van der Waals surface area contributed by atoms with Crippen molar-refractivity contribution in [1.29, 1.82) is 0 Å². The van der Waals surface area contributed by atoms with Crippen LogP contribution in [0.15, 0.2) is 22.7 Å². The largest absolute Gasteiger partial charge is 0.507 e. The number of aromatic nitrogens is 2. The molecule has 2 aromatic rings. The molecule has 0 radical (unpaired) electrons. The molecule has 4 nitrogen and oxygen atoms in total. The van der Waals surface area contributed by atoms with E-state index in [4.69, 9.17) is 4.52 Å². The van der Waals surface area contributed by atoms with Gasteiger partial charge in [-0.05, 0) is 31.0 Å². The molecule has 100 valence electrons. The van der Waals surface area contributed by atoms with Crippen LogP contribution in [0.2, 0.25) is 0 Å². The molecule has 5 heteroatoms. The van der Waals surface area contributed by atoms with Gasteiger partial charge in [-0.3, -0.25) is 0 Å². The normalized spacial score (nSPS) is 16.7. The Morgan fingerprint density at radius 1 is 1.21 bits per heavy atom. The third-order valence-electron chi connectivity index (χ3n) is 3.60. The highest BCUT2D eigenvalue weighted by Gasteiger charge is 2.22. The molecule has 1 N–H and O–H groups in total. The summed E-state index contributed by atoms with van der Waals surface area (Å²) in [5, 5.41) is 13.7. The molecule has 1 aliphatic rings. The van der Waals surface area contributed by atoms with E-state index in [-0.39, 0.29) is 17.2 Å². The SMILES string of the molecule is Oc1ccc(F)cc1-c1nc(C2CCCCC2)no1. The Labute approximate surface area is 110 Å². The molecule has 1 heterocycles. The molecule has 0 amide bonds. The number of phenolic OH excluding ortho intramolecular Hbond substituents is 1. The lowest BCUT2D eigenvalue weighted by atomic mass is 9.89. The van der Waals surface area contributed by atoms with Crippen LogP contribution in [0.4, 0.5) is 4.39 Å². The van der Waals surface area contributed by atoms with Gasteiger partial charge in [0.05, 0.1) is 5.56 Å². The van der Waals surface area contributed by atoms with Gasteiger partial charge >= 0.3 is 0 Å². The predicted molar refractivity (Wildman–Crippen MR) is 67.2 cm³/mol. The number of halogens is 1. The molecule has 0 bridgehead atoms. The molecular weight excluding hydrogens is 247 g/mol. The second kappa shape index (κ2) is 4.99. The Morgan fingerprint density at radius 2 is 2.00 bits per heavy atom. The summed E-state index contributed by atoms with van der Waals surface area (Å²) >= 11 is 0. The zero-order valence-electron chi connectivity index (χ0n) is 10.5. The second-order valence-corrected chi connectivity index (χ2v) is 4.95. The number of nitrogens with zero attached hydrogens (tertiary/aromatic N) is 2. The monoisotopic (exact) mass is 262 g/mol. The van der Waals surface area contributed by atoms with Gasteiger partial charge in [0.1, 0.15) is 11.6 Å². The number of phenols is 1. The predicted octanol–water partition coefficient (Wildman–Crippen LogP) is 3.63. The third kappa shape index (κ3) is 2.45. The minimum atomic E-state index is -0.440. The quantitative estimate of drug-likeness (QED) is 0.897. The maximum Gasteiger partial charge on any atom is 0.261 e. The molecule has 0 unspecified atom stereocenters. The molecule has 19 heavy (non-hydrogen) atoms. The van der Waals surface area contributed by atoms with Crippen LogP contribution >= 0.6 is 0 Å². The van der Waals surface area contributed by atoms with E-state index in [1.54, 1.807) is 0 Å². The third-order valence-corrected chi connectivity index (χ3v) is 3.60. The number of rotatable bonds is 2. The van der Waals surface area contributed by atoms with Crippen LogP contribution < -0.4 is 0 Å². The molecule has 0 spiro atoms. The van der Waals surface area contributed by atoms with Crippen LogP contribution in [0.3, 0.4) is 0 Å². The van der Waals surface area contributed by atoms with Crippen molar-refractivity contribution in [3.8, 4) is 17.2 Å². The Balaban J connectivity index is 1.89. The lowest BCUT2D eigenvalue weighted by Crippen LogP contribution is -2.06. The first-order valence-corrected chi connectivity index (χ1v) is 6.56. The summed E-state index contributed by atoms with van der Waals surface area (Å²) in [6.07, 6.45) is 5.74. The number of aromatic hydroxyl groups is 1. The zero-order chi connectivity index (χ0) is 13.2. The Morgan fingerprint density at radius 3 is 2.79 bits per heavy atom. The van der Waals surface area contributed by atoms with Gasteiger partial charge in [0.2, 0.25) is 0 Å². The van der Waals surface area contributed by atoms with Gasteiger partial charge in [-0.2, -0.15) is 4.98 Å². The average Bonchev–Trinajstić information content (AvgIpc) is 2.92. The fourth-order valence-electron chi connectivity index (χ4n) is 2.55. The van der Waals surface area contributed by atoms with Gasteiger partial charge in [-0.1, -0.05) is 24.4 Å². The highest BCUT2D eigenvalue weighted by atomic mass is 19.1. The summed E-state index contributed by atoms with van der Waals surface area (Å²) in [4.78, 5) is 4.30. The van der Waals surface area contributed by atoms with E-state index in [9.17, 15) is 9.50 Å². The van der Waals surface area contributed by atoms with Crippen LogP contribution in [0.25, 0.3) is 11.5 Å². The van der Waals surface area contributed by atoms with Crippen molar-refractivity contribution >= 4 is 0 Å². The number of hydrogen-bond acceptors (Lipinski definition) is 4. The van der Waals surface area contributed by atoms with Crippen molar-refractivity contribution < 1.29 is 14.0 Å². The molecule has 0 saturated heterocycles. The zero-order valence-corrected chi connectivity index (χ0v) is 10.5. The van der Waals surface area contributed by atoms with Gasteiger partial charge in [0.25, 0.3) is 5.89 Å². The topological polar surface area (TPSA) is 59.2 Å². The summed E-state index contributed by atoms with van der Waals surface area (Å²) in [5.74, 6) is 0.670. The van der Waals surface area contributed by atoms with Crippen LogP contribution in [0, 0.1) is 5.82 Å². The summed E-state index contributed by atoms with van der Waals surface area (Å²) in [6, 6.07) is 3.68. The Hall–Kier alpha value is -1.91. The van der Waals surface area contributed by atoms with Crippen molar-refractivity contribution in [2.75, 3.05) is 0 Å². The minimum absolute atomic E-state index is 0.0553. The van der Waals surface area contributed by atoms with Gasteiger partial charge < -0.3 is 9.63 Å². The standard InChI is InChI=1S/C14H15FN2O2/c15-10-6-7-12(18)11(8-10)14-16-13(17-19-14)9-4-2-1-3-5-9/h6-9,18H,1-5H2. The minimum Gasteiger partial charge on any atom is -0.507 e. The summed E-state index contributed by atoms with van der Waals surface area (Å²) in [5.41, 5.74) is 0.245. The first-order valence-electron chi connectivity index (χ1n) is 6.56. The molecule has 1 fully saturated rings. The van der Waals surface area contributed by atoms with Gasteiger partial charge in [0, 0.05) is 5.92 Å². The van der Waals surface area contributed by atoms with Crippen LogP contribution in [0.1, 0.15) is 43.8 Å². The van der Waals surface area contributed by atoms with E-state index in [0.717, 1.165) is 12.8 Å². The Bertz CT molecular complexity index is 577. The van der Waals surface area contributed by atoms with Crippen molar-refractivity contribution in [2.24, 2.45) is 0 Å². The molecule has 1 aromatic heterocycles. The van der Waals surface area contributed by atoms with Crippen LogP contribution in [-0.4, -0.2) is 15.2 Å². The van der Waals surface area contributed by atoms with E-state index < -0.39 is 5.82 Å². The van der Waals surface area contributed by atoms with Crippen molar-refractivity contribution in [3.05, 3.63) is 29.8 Å². The number of benzene rings is 1. The fourth-order valence-corrected chi connectivity index (χ4v) is 2.55. The molecule has 1 aromatic carbocycles. The maximum absolute atomic E-state index is 13.2. The highest BCUT2D eigenvalue weighted by Crippen LogP contribution is 2.33. The lowest BCUT2D eigenvalue weighted by molar-refractivity contribution is 0.384. The Kier molecular flexibility index (Phi) is 3.19. The average molecular weight is 262 g/mol. The van der Waals surface area contributed by atoms with Gasteiger partial charge in [-0.25, -0.2) is 4.39 Å². The maximum atomic E-state index is 13.2. The lowest BCUT2D eigenvalue weighted by Gasteiger charge is -2.17. The van der Waals surface area contributed by atoms with Crippen LogP contribution in [-0.2, 0) is 0 Å². The summed E-state index contributed by atoms with van der Waals surface area (Å²) < 4.78 is 18.3. The molecule has 0 aliphatic heterocycles. The van der Waals surface area contributed by atoms with E-state index in [2.05, 4.69) is 10.1 Å². The molecule has 0 atom stereocenters. The highest BCUT2D eigenvalue weighted by molar-refractivity contribution is 5.61. The first kappa shape index (κ1) is 12.1. The van der Waals surface area contributed by atoms with E-state index in [1.807, 2.05) is 0 Å². The van der Waals surface area contributed by atoms with E-state index in [0.29, 0.717) is 11.7 Å². The molecule has 1 saturated carbocycles. The van der Waals surface area contributed by atoms with Crippen molar-refractivity contribution in [2.45, 2.75) is 38.0 Å². The number of hydrogen-bond donors (Lipinski definition) is 1. The second-order valence-electron chi connectivity index (χ2n) is 4.95. The van der Waals surface area contributed by atoms with E-state index in [1.165, 1.54) is 37.5 Å². The fraction of sp³-hybridized carbons (Fsp3) is 0.429. The smallest absolute Gasteiger partial charge is 0.261 e. The van der Waals surface area contributed by atoms with Crippen molar-refractivity contribution in [3.63, 3.8) is 0 Å². The molecular formula is C14H15FN2O2. The van der Waals surface area contributed by atoms with E-state index >= 15 is 0 Å². The van der Waals surface area contributed by atoms with Crippen LogP contribution in [0.5, 0.6) is 5.75 Å². The molecule has 1 aliphatic carbocycles. The van der Waals surface area contributed by atoms with Crippen molar-refractivity contribution in [1.82, 2.24) is 10.1 Å². The first-order chi connectivity index (χ1) is 9.24.